The maximum Gasteiger partial charge on any atom is 0.322 e. The van der Waals surface area contributed by atoms with Crippen LogP contribution in [0.1, 0.15) is 10.4 Å². The molecular formula is C16H12ClN3O4S. The van der Waals surface area contributed by atoms with Gasteiger partial charge in [-0.15, -0.1) is 5.10 Å². The van der Waals surface area contributed by atoms with Crippen molar-refractivity contribution >= 4 is 33.4 Å². The first kappa shape index (κ1) is 17.1. The molecule has 25 heavy (non-hydrogen) atoms. The minimum Gasteiger partial charge on any atom is -0.403 e. The Balaban J connectivity index is 1.88. The fourth-order valence-corrected chi connectivity index (χ4v) is 3.26. The molecular weight excluding hydrogens is 366 g/mol. The van der Waals surface area contributed by atoms with Crippen molar-refractivity contribution in [2.24, 2.45) is 0 Å². The molecule has 9 heteroatoms. The number of carbonyl (C=O) groups is 1. The highest BCUT2D eigenvalue weighted by Gasteiger charge is 2.20. The molecule has 0 bridgehead atoms. The van der Waals surface area contributed by atoms with Gasteiger partial charge >= 0.3 is 6.01 Å². The van der Waals surface area contributed by atoms with Gasteiger partial charge in [-0.05, 0) is 24.3 Å². The molecule has 0 radical (unpaired) electrons. The van der Waals surface area contributed by atoms with Gasteiger partial charge in [-0.25, -0.2) is 8.42 Å². The predicted molar refractivity (Wildman–Crippen MR) is 92.2 cm³/mol. The summed E-state index contributed by atoms with van der Waals surface area (Å²) in [7, 11) is -3.56. The average Bonchev–Trinajstić information content (AvgIpc) is 3.02. The number of nitrogens with zero attached hydrogens (tertiary/aromatic N) is 2. The molecule has 0 unspecified atom stereocenters. The summed E-state index contributed by atoms with van der Waals surface area (Å²) in [4.78, 5) is 12.3. The SMILES string of the molecule is CS(=O)(=O)c1ccccc1C(=O)Nc1nnc(-c2ccccc2Cl)o1. The molecule has 1 aromatic heterocycles. The molecule has 128 valence electrons. The van der Waals surface area contributed by atoms with Crippen LogP contribution in [-0.2, 0) is 9.84 Å². The third-order valence-corrected chi connectivity index (χ3v) is 4.77. The van der Waals surface area contributed by atoms with E-state index in [0.29, 0.717) is 10.6 Å². The Kier molecular flexibility index (Phi) is 4.56. The van der Waals surface area contributed by atoms with Crippen LogP contribution in [0.5, 0.6) is 0 Å². The Morgan fingerprint density at radius 1 is 1.08 bits per heavy atom. The third-order valence-electron chi connectivity index (χ3n) is 3.28. The first-order valence-corrected chi connectivity index (χ1v) is 9.32. The fourth-order valence-electron chi connectivity index (χ4n) is 2.16. The lowest BCUT2D eigenvalue weighted by Gasteiger charge is -2.06. The Morgan fingerprint density at radius 3 is 2.48 bits per heavy atom. The number of halogens is 1. The maximum absolute atomic E-state index is 12.4. The fraction of sp³-hybridized carbons (Fsp3) is 0.0625. The molecule has 0 saturated heterocycles. The summed E-state index contributed by atoms with van der Waals surface area (Å²) in [5, 5.41) is 10.4. The van der Waals surface area contributed by atoms with Crippen LogP contribution in [0.4, 0.5) is 6.01 Å². The summed E-state index contributed by atoms with van der Waals surface area (Å²) in [6.45, 7) is 0. The number of rotatable bonds is 4. The number of anilines is 1. The van der Waals surface area contributed by atoms with Gasteiger partial charge in [0.1, 0.15) is 0 Å². The van der Waals surface area contributed by atoms with Crippen LogP contribution in [0, 0.1) is 0 Å². The molecule has 3 rings (SSSR count). The minimum atomic E-state index is -3.56. The Hall–Kier alpha value is -2.71. The summed E-state index contributed by atoms with van der Waals surface area (Å²) in [5.74, 6) is -0.535. The Bertz CT molecular complexity index is 1050. The van der Waals surface area contributed by atoms with E-state index >= 15 is 0 Å². The first-order valence-electron chi connectivity index (χ1n) is 7.05. The third kappa shape index (κ3) is 3.70. The summed E-state index contributed by atoms with van der Waals surface area (Å²) in [6, 6.07) is 12.6. The number of aromatic nitrogens is 2. The van der Waals surface area contributed by atoms with Crippen LogP contribution in [0.25, 0.3) is 11.5 Å². The number of sulfone groups is 1. The van der Waals surface area contributed by atoms with Gasteiger partial charge in [-0.2, -0.15) is 0 Å². The second-order valence-corrected chi connectivity index (χ2v) is 7.51. The van der Waals surface area contributed by atoms with Crippen LogP contribution >= 0.6 is 11.6 Å². The van der Waals surface area contributed by atoms with Crippen molar-refractivity contribution in [2.75, 3.05) is 11.6 Å². The molecule has 0 aliphatic heterocycles. The summed E-state index contributed by atoms with van der Waals surface area (Å²) < 4.78 is 29.0. The van der Waals surface area contributed by atoms with Crippen molar-refractivity contribution in [1.29, 1.82) is 0 Å². The van der Waals surface area contributed by atoms with Crippen molar-refractivity contribution in [2.45, 2.75) is 4.90 Å². The van der Waals surface area contributed by atoms with E-state index in [2.05, 4.69) is 15.5 Å². The van der Waals surface area contributed by atoms with Crippen molar-refractivity contribution < 1.29 is 17.6 Å². The van der Waals surface area contributed by atoms with Gasteiger partial charge in [0.2, 0.25) is 0 Å². The van der Waals surface area contributed by atoms with Gasteiger partial charge in [0.05, 0.1) is 21.0 Å². The van der Waals surface area contributed by atoms with E-state index in [9.17, 15) is 13.2 Å². The van der Waals surface area contributed by atoms with Crippen LogP contribution in [0.15, 0.2) is 57.8 Å². The van der Waals surface area contributed by atoms with Crippen LogP contribution in [0.2, 0.25) is 5.02 Å². The van der Waals surface area contributed by atoms with Gasteiger partial charge in [-0.3, -0.25) is 10.1 Å². The zero-order valence-electron chi connectivity index (χ0n) is 12.9. The van der Waals surface area contributed by atoms with Crippen molar-refractivity contribution in [1.82, 2.24) is 10.2 Å². The van der Waals surface area contributed by atoms with Crippen molar-refractivity contribution in [3.05, 3.63) is 59.1 Å². The lowest BCUT2D eigenvalue weighted by Crippen LogP contribution is -2.16. The van der Waals surface area contributed by atoms with E-state index in [1.807, 2.05) is 0 Å². The minimum absolute atomic E-state index is 0.0116. The topological polar surface area (TPSA) is 102 Å². The molecule has 1 heterocycles. The van der Waals surface area contributed by atoms with Crippen molar-refractivity contribution in [3.8, 4) is 11.5 Å². The zero-order chi connectivity index (χ0) is 18.0. The number of carbonyl (C=O) groups excluding carboxylic acids is 1. The number of hydrogen-bond acceptors (Lipinski definition) is 6. The highest BCUT2D eigenvalue weighted by Crippen LogP contribution is 2.27. The second-order valence-electron chi connectivity index (χ2n) is 5.11. The Labute approximate surface area is 148 Å². The molecule has 7 nitrogen and oxygen atoms in total. The van der Waals surface area contributed by atoms with Crippen molar-refractivity contribution in [3.63, 3.8) is 0 Å². The molecule has 3 aromatic rings. The van der Waals surface area contributed by atoms with E-state index in [0.717, 1.165) is 6.26 Å². The molecule has 0 aliphatic rings. The smallest absolute Gasteiger partial charge is 0.322 e. The van der Waals surface area contributed by atoms with Gasteiger partial charge in [0, 0.05) is 6.26 Å². The van der Waals surface area contributed by atoms with E-state index < -0.39 is 15.7 Å². The van der Waals surface area contributed by atoms with Gasteiger partial charge < -0.3 is 4.42 Å². The van der Waals surface area contributed by atoms with Gasteiger partial charge in [-0.1, -0.05) is 41.0 Å². The first-order chi connectivity index (χ1) is 11.9. The number of benzene rings is 2. The van der Waals surface area contributed by atoms with Crippen LogP contribution < -0.4 is 5.32 Å². The lowest BCUT2D eigenvalue weighted by molar-refractivity contribution is 0.102. The largest absolute Gasteiger partial charge is 0.403 e. The summed E-state index contributed by atoms with van der Waals surface area (Å²) >= 11 is 6.06. The van der Waals surface area contributed by atoms with E-state index in [1.165, 1.54) is 18.2 Å². The predicted octanol–water partition coefficient (Wildman–Crippen LogP) is 3.05. The van der Waals surface area contributed by atoms with Gasteiger partial charge in [0.15, 0.2) is 9.84 Å². The summed E-state index contributed by atoms with van der Waals surface area (Å²) in [5.41, 5.74) is 0.510. The van der Waals surface area contributed by atoms with Crippen LogP contribution in [0.3, 0.4) is 0 Å². The number of hydrogen-bond donors (Lipinski definition) is 1. The molecule has 1 N–H and O–H groups in total. The van der Waals surface area contributed by atoms with E-state index in [4.69, 9.17) is 16.0 Å². The molecule has 0 atom stereocenters. The standard InChI is InChI=1S/C16H12ClN3O4S/c1-25(22,23)13-9-5-3-7-11(13)14(21)18-16-20-19-15(24-16)10-6-2-4-8-12(10)17/h2-9H,1H3,(H,18,20,21). The Morgan fingerprint density at radius 2 is 1.76 bits per heavy atom. The highest BCUT2D eigenvalue weighted by molar-refractivity contribution is 7.90. The second kappa shape index (κ2) is 6.66. The number of nitrogens with one attached hydrogen (secondary N) is 1. The normalized spacial score (nSPS) is 11.3. The molecule has 1 amide bonds. The lowest BCUT2D eigenvalue weighted by atomic mass is 10.2. The molecule has 0 fully saturated rings. The van der Waals surface area contributed by atoms with E-state index in [-0.39, 0.29) is 22.4 Å². The summed E-state index contributed by atoms with van der Waals surface area (Å²) in [6.07, 6.45) is 1.03. The van der Waals surface area contributed by atoms with Gasteiger partial charge in [0.25, 0.3) is 11.8 Å². The molecule has 2 aromatic carbocycles. The van der Waals surface area contributed by atoms with E-state index in [1.54, 1.807) is 30.3 Å². The monoisotopic (exact) mass is 377 g/mol. The number of amides is 1. The highest BCUT2D eigenvalue weighted by atomic mass is 35.5. The molecule has 0 aliphatic carbocycles. The van der Waals surface area contributed by atoms with Crippen LogP contribution in [-0.4, -0.2) is 30.8 Å². The quantitative estimate of drug-likeness (QED) is 0.749. The average molecular weight is 378 g/mol. The molecule has 0 saturated carbocycles. The maximum atomic E-state index is 12.4. The molecule has 0 spiro atoms. The zero-order valence-corrected chi connectivity index (χ0v) is 14.5.